The Balaban J connectivity index is 1.65. The minimum Gasteiger partial charge on any atom is -0.483 e. The molecule has 6 heteroatoms. The average molecular weight is 366 g/mol. The minimum absolute atomic E-state index is 0.0568. The van der Waals surface area contributed by atoms with Gasteiger partial charge < -0.3 is 15.4 Å². The molecule has 0 bridgehead atoms. The summed E-state index contributed by atoms with van der Waals surface area (Å²) in [6.07, 6.45) is 0.473. The van der Waals surface area contributed by atoms with Crippen LogP contribution < -0.4 is 15.4 Å². The zero-order valence-electron chi connectivity index (χ0n) is 15.6. The standard InChI is InChI=1S/C21H22N2O4/c1-12-4-9-17(20-16(24)10-13(2)19(12)20)27-11-18(25)23-15-7-5-14(6-8-15)21(26)22-3/h4-9,13H,10-11H2,1-3H3,(H,22,26)(H,23,25)/t13-/m1/s1. The zero-order chi connectivity index (χ0) is 19.6. The third-order valence-electron chi connectivity index (χ3n) is 4.71. The van der Waals surface area contributed by atoms with Gasteiger partial charge in [-0.15, -0.1) is 0 Å². The van der Waals surface area contributed by atoms with E-state index in [0.29, 0.717) is 29.0 Å². The SMILES string of the molecule is CNC(=O)c1ccc(NC(=O)COc2ccc(C)c3c2C(=O)C[C@H]3C)cc1. The van der Waals surface area contributed by atoms with E-state index in [2.05, 4.69) is 10.6 Å². The van der Waals surface area contributed by atoms with Crippen LogP contribution in [-0.4, -0.2) is 31.3 Å². The van der Waals surface area contributed by atoms with Gasteiger partial charge in [-0.25, -0.2) is 0 Å². The van der Waals surface area contributed by atoms with Gasteiger partial charge in [-0.1, -0.05) is 13.0 Å². The Hall–Kier alpha value is -3.15. The predicted octanol–water partition coefficient (Wildman–Crippen LogP) is 3.06. The molecule has 2 aromatic rings. The van der Waals surface area contributed by atoms with Crippen LogP contribution in [0.15, 0.2) is 36.4 Å². The number of benzene rings is 2. The maximum absolute atomic E-state index is 12.3. The topological polar surface area (TPSA) is 84.5 Å². The molecular weight excluding hydrogens is 344 g/mol. The fraction of sp³-hybridized carbons (Fsp3) is 0.286. The summed E-state index contributed by atoms with van der Waals surface area (Å²) in [5, 5.41) is 5.25. The normalized spacial score (nSPS) is 15.2. The van der Waals surface area contributed by atoms with E-state index >= 15 is 0 Å². The van der Waals surface area contributed by atoms with Crippen molar-refractivity contribution in [1.82, 2.24) is 5.32 Å². The van der Waals surface area contributed by atoms with E-state index in [9.17, 15) is 14.4 Å². The molecule has 1 atom stereocenters. The van der Waals surface area contributed by atoms with Gasteiger partial charge in [0.1, 0.15) is 5.75 Å². The molecule has 2 amide bonds. The molecule has 6 nitrogen and oxygen atoms in total. The van der Waals surface area contributed by atoms with Gasteiger partial charge in [-0.05, 0) is 54.3 Å². The Morgan fingerprint density at radius 3 is 2.52 bits per heavy atom. The van der Waals surface area contributed by atoms with Crippen molar-refractivity contribution in [2.45, 2.75) is 26.2 Å². The third-order valence-corrected chi connectivity index (χ3v) is 4.71. The number of ether oxygens (including phenoxy) is 1. The van der Waals surface area contributed by atoms with E-state index in [1.807, 2.05) is 19.9 Å². The molecule has 0 radical (unpaired) electrons. The summed E-state index contributed by atoms with van der Waals surface area (Å²) in [7, 11) is 1.56. The maximum Gasteiger partial charge on any atom is 0.262 e. The van der Waals surface area contributed by atoms with Crippen molar-refractivity contribution in [1.29, 1.82) is 0 Å². The van der Waals surface area contributed by atoms with E-state index in [1.165, 1.54) is 0 Å². The highest BCUT2D eigenvalue weighted by molar-refractivity contribution is 6.04. The second-order valence-corrected chi connectivity index (χ2v) is 6.69. The maximum atomic E-state index is 12.3. The monoisotopic (exact) mass is 366 g/mol. The van der Waals surface area contributed by atoms with Crippen molar-refractivity contribution in [3.8, 4) is 5.75 Å². The summed E-state index contributed by atoms with van der Waals surface area (Å²) in [4.78, 5) is 36.0. The highest BCUT2D eigenvalue weighted by Crippen LogP contribution is 2.40. The van der Waals surface area contributed by atoms with Gasteiger partial charge in [0.15, 0.2) is 12.4 Å². The predicted molar refractivity (Wildman–Crippen MR) is 102 cm³/mol. The van der Waals surface area contributed by atoms with Crippen molar-refractivity contribution in [3.63, 3.8) is 0 Å². The number of carbonyl (C=O) groups excluding carboxylic acids is 3. The van der Waals surface area contributed by atoms with Crippen molar-refractivity contribution < 1.29 is 19.1 Å². The second-order valence-electron chi connectivity index (χ2n) is 6.69. The number of hydrogen-bond acceptors (Lipinski definition) is 4. The summed E-state index contributed by atoms with van der Waals surface area (Å²) in [5.41, 5.74) is 3.76. The van der Waals surface area contributed by atoms with Gasteiger partial charge in [0.2, 0.25) is 0 Å². The second kappa shape index (κ2) is 7.61. The van der Waals surface area contributed by atoms with E-state index in [0.717, 1.165) is 11.1 Å². The van der Waals surface area contributed by atoms with Gasteiger partial charge in [0.05, 0.1) is 5.56 Å². The number of carbonyl (C=O) groups is 3. The summed E-state index contributed by atoms with van der Waals surface area (Å²) in [6.45, 7) is 3.80. The van der Waals surface area contributed by atoms with Gasteiger partial charge in [0.25, 0.3) is 11.8 Å². The number of rotatable bonds is 5. The molecule has 3 rings (SSSR count). The zero-order valence-corrected chi connectivity index (χ0v) is 15.6. The largest absolute Gasteiger partial charge is 0.483 e. The number of hydrogen-bond donors (Lipinski definition) is 2. The lowest BCUT2D eigenvalue weighted by atomic mass is 9.97. The van der Waals surface area contributed by atoms with E-state index in [4.69, 9.17) is 4.74 Å². The quantitative estimate of drug-likeness (QED) is 0.852. The van der Waals surface area contributed by atoms with E-state index in [-0.39, 0.29) is 30.1 Å². The number of amides is 2. The van der Waals surface area contributed by atoms with Crippen molar-refractivity contribution in [3.05, 3.63) is 58.7 Å². The van der Waals surface area contributed by atoms with Crippen LogP contribution in [0.3, 0.4) is 0 Å². The smallest absolute Gasteiger partial charge is 0.262 e. The van der Waals surface area contributed by atoms with Crippen LogP contribution in [0, 0.1) is 6.92 Å². The molecule has 0 unspecified atom stereocenters. The number of aryl methyl sites for hydroxylation is 1. The van der Waals surface area contributed by atoms with Crippen LogP contribution in [0.2, 0.25) is 0 Å². The van der Waals surface area contributed by atoms with Crippen molar-refractivity contribution >= 4 is 23.3 Å². The van der Waals surface area contributed by atoms with Gasteiger partial charge in [-0.3, -0.25) is 14.4 Å². The first-order valence-corrected chi connectivity index (χ1v) is 8.82. The Morgan fingerprint density at radius 1 is 1.15 bits per heavy atom. The lowest BCUT2D eigenvalue weighted by Gasteiger charge is -2.13. The number of Topliss-reactive ketones (excluding diaryl/α,β-unsaturated/α-hetero) is 1. The van der Waals surface area contributed by atoms with E-state index < -0.39 is 0 Å². The molecule has 0 spiro atoms. The molecule has 140 valence electrons. The Morgan fingerprint density at radius 2 is 1.85 bits per heavy atom. The first-order valence-electron chi connectivity index (χ1n) is 8.82. The highest BCUT2D eigenvalue weighted by Gasteiger charge is 2.31. The molecule has 2 aromatic carbocycles. The molecule has 1 aliphatic carbocycles. The van der Waals surface area contributed by atoms with Crippen LogP contribution in [-0.2, 0) is 4.79 Å². The molecule has 1 aliphatic rings. The van der Waals surface area contributed by atoms with Crippen LogP contribution in [0.25, 0.3) is 0 Å². The van der Waals surface area contributed by atoms with Crippen LogP contribution in [0.4, 0.5) is 5.69 Å². The summed E-state index contributed by atoms with van der Waals surface area (Å²) in [5.74, 6) is 0.152. The molecule has 0 aliphatic heterocycles. The van der Waals surface area contributed by atoms with Gasteiger partial charge >= 0.3 is 0 Å². The van der Waals surface area contributed by atoms with E-state index in [1.54, 1.807) is 37.4 Å². The molecule has 0 heterocycles. The number of ketones is 1. The van der Waals surface area contributed by atoms with Crippen LogP contribution >= 0.6 is 0 Å². The van der Waals surface area contributed by atoms with Crippen molar-refractivity contribution in [2.75, 3.05) is 19.0 Å². The molecule has 0 aromatic heterocycles. The molecular formula is C21H22N2O4. The summed E-state index contributed by atoms with van der Waals surface area (Å²) >= 11 is 0. The van der Waals surface area contributed by atoms with Crippen LogP contribution in [0.1, 0.15) is 51.1 Å². The first kappa shape index (κ1) is 18.6. The molecule has 2 N–H and O–H groups in total. The fourth-order valence-corrected chi connectivity index (χ4v) is 3.42. The minimum atomic E-state index is -0.337. The number of anilines is 1. The number of fused-ring (bicyclic) bond motifs is 1. The first-order chi connectivity index (χ1) is 12.9. The molecule has 0 saturated carbocycles. The Labute approximate surface area is 157 Å². The lowest BCUT2D eigenvalue weighted by molar-refractivity contribution is -0.118. The average Bonchev–Trinajstić information content (AvgIpc) is 2.96. The third kappa shape index (κ3) is 3.84. The fourth-order valence-electron chi connectivity index (χ4n) is 3.42. The highest BCUT2D eigenvalue weighted by atomic mass is 16.5. The molecule has 0 fully saturated rings. The molecule has 27 heavy (non-hydrogen) atoms. The van der Waals surface area contributed by atoms with Gasteiger partial charge in [0, 0.05) is 24.7 Å². The summed E-state index contributed by atoms with van der Waals surface area (Å²) in [6, 6.07) is 10.2. The Kier molecular flexibility index (Phi) is 5.26. The van der Waals surface area contributed by atoms with Crippen LogP contribution in [0.5, 0.6) is 5.75 Å². The Bertz CT molecular complexity index is 903. The van der Waals surface area contributed by atoms with Gasteiger partial charge in [-0.2, -0.15) is 0 Å². The van der Waals surface area contributed by atoms with Crippen molar-refractivity contribution in [2.24, 2.45) is 0 Å². The summed E-state index contributed by atoms with van der Waals surface area (Å²) < 4.78 is 5.64. The lowest BCUT2D eigenvalue weighted by Crippen LogP contribution is -2.21. The number of nitrogens with one attached hydrogen (secondary N) is 2. The molecule has 0 saturated heterocycles.